The Kier molecular flexibility index (Phi) is 10.5. The summed E-state index contributed by atoms with van der Waals surface area (Å²) in [5.41, 5.74) is 2.48. The maximum Gasteiger partial charge on any atom is 0.205 e. The van der Waals surface area contributed by atoms with Crippen molar-refractivity contribution in [3.63, 3.8) is 0 Å². The summed E-state index contributed by atoms with van der Waals surface area (Å²) in [6.07, 6.45) is 11.0. The third-order valence-corrected chi connectivity index (χ3v) is 4.21. The van der Waals surface area contributed by atoms with E-state index in [4.69, 9.17) is 9.47 Å². The molecule has 0 aliphatic carbocycles. The standard InChI is InChI=1S/C23H36O3/c1-19(12-13-21(24)14-16-23(3,4)5)9-8-10-20(2)15-18-26-22-11-6-7-17-25-22/h9,15,22H,6-8,10-13,17-18H2,1-5H3/b19-9+,20-15+. The van der Waals surface area contributed by atoms with Crippen molar-refractivity contribution < 1.29 is 14.3 Å². The van der Waals surface area contributed by atoms with E-state index >= 15 is 0 Å². The van der Waals surface area contributed by atoms with Gasteiger partial charge in [-0.1, -0.05) is 29.2 Å². The van der Waals surface area contributed by atoms with Gasteiger partial charge >= 0.3 is 0 Å². The van der Waals surface area contributed by atoms with Crippen LogP contribution in [-0.2, 0) is 14.3 Å². The van der Waals surface area contributed by atoms with Crippen molar-refractivity contribution in [2.24, 2.45) is 5.41 Å². The first-order valence-electron chi connectivity index (χ1n) is 9.87. The number of allylic oxidation sites excluding steroid dienone is 3. The summed E-state index contributed by atoms with van der Waals surface area (Å²) < 4.78 is 11.3. The zero-order valence-electron chi connectivity index (χ0n) is 17.3. The molecular weight excluding hydrogens is 324 g/mol. The molecule has 1 saturated heterocycles. The third kappa shape index (κ3) is 12.1. The molecule has 0 amide bonds. The van der Waals surface area contributed by atoms with Crippen LogP contribution in [0.2, 0.25) is 0 Å². The lowest BCUT2D eigenvalue weighted by Gasteiger charge is -2.22. The minimum atomic E-state index is -0.114. The van der Waals surface area contributed by atoms with Crippen LogP contribution in [0.3, 0.4) is 0 Å². The Balaban J connectivity index is 2.21. The van der Waals surface area contributed by atoms with E-state index in [1.165, 1.54) is 17.6 Å². The average molecular weight is 361 g/mol. The van der Waals surface area contributed by atoms with Crippen molar-refractivity contribution in [1.82, 2.24) is 0 Å². The second-order valence-electron chi connectivity index (χ2n) is 8.19. The summed E-state index contributed by atoms with van der Waals surface area (Å²) in [6, 6.07) is 0. The molecule has 0 spiro atoms. The maximum atomic E-state index is 11.8. The SMILES string of the molecule is C/C(=C\COC1CCCCO1)CC/C=C(\C)CCC(=O)C#CC(C)(C)C. The Labute approximate surface area is 160 Å². The Morgan fingerprint density at radius 2 is 1.85 bits per heavy atom. The molecule has 1 fully saturated rings. The molecule has 1 aliphatic rings. The fourth-order valence-corrected chi connectivity index (χ4v) is 2.52. The first kappa shape index (κ1) is 22.7. The highest BCUT2D eigenvalue weighted by atomic mass is 16.7. The van der Waals surface area contributed by atoms with E-state index in [1.807, 2.05) is 20.8 Å². The molecule has 0 saturated carbocycles. The van der Waals surface area contributed by atoms with Crippen LogP contribution >= 0.6 is 0 Å². The highest BCUT2D eigenvalue weighted by molar-refractivity contribution is 5.95. The quantitative estimate of drug-likeness (QED) is 0.305. The van der Waals surface area contributed by atoms with Crippen LogP contribution in [0.15, 0.2) is 23.3 Å². The summed E-state index contributed by atoms with van der Waals surface area (Å²) in [7, 11) is 0. The Hall–Kier alpha value is -1.37. The summed E-state index contributed by atoms with van der Waals surface area (Å²) in [6.45, 7) is 11.7. The Morgan fingerprint density at radius 3 is 2.50 bits per heavy atom. The molecule has 1 aliphatic heterocycles. The van der Waals surface area contributed by atoms with Crippen LogP contribution in [0.5, 0.6) is 0 Å². The summed E-state index contributed by atoms with van der Waals surface area (Å²) in [4.78, 5) is 11.8. The highest BCUT2D eigenvalue weighted by Crippen LogP contribution is 2.15. The van der Waals surface area contributed by atoms with Gasteiger partial charge in [0.15, 0.2) is 6.29 Å². The van der Waals surface area contributed by atoms with Gasteiger partial charge in [-0.3, -0.25) is 4.79 Å². The van der Waals surface area contributed by atoms with Gasteiger partial charge in [-0.05, 0) is 79.1 Å². The van der Waals surface area contributed by atoms with Crippen molar-refractivity contribution in [3.8, 4) is 11.8 Å². The molecule has 0 radical (unpaired) electrons. The molecule has 1 rings (SSSR count). The molecule has 0 N–H and O–H groups in total. The molecule has 26 heavy (non-hydrogen) atoms. The van der Waals surface area contributed by atoms with Crippen molar-refractivity contribution in [1.29, 1.82) is 0 Å². The molecule has 0 bridgehead atoms. The lowest BCUT2D eigenvalue weighted by atomic mass is 9.97. The van der Waals surface area contributed by atoms with Gasteiger partial charge in [-0.15, -0.1) is 0 Å². The molecular formula is C23H36O3. The van der Waals surface area contributed by atoms with Crippen molar-refractivity contribution in [2.75, 3.05) is 13.2 Å². The van der Waals surface area contributed by atoms with Crippen LogP contribution in [0.4, 0.5) is 0 Å². The first-order chi connectivity index (χ1) is 12.3. The van der Waals surface area contributed by atoms with Gasteiger partial charge in [-0.25, -0.2) is 0 Å². The van der Waals surface area contributed by atoms with Crippen molar-refractivity contribution >= 4 is 5.78 Å². The fourth-order valence-electron chi connectivity index (χ4n) is 2.52. The molecule has 0 aromatic rings. The maximum absolute atomic E-state index is 11.8. The van der Waals surface area contributed by atoms with Gasteiger partial charge in [0, 0.05) is 18.4 Å². The monoisotopic (exact) mass is 360 g/mol. The van der Waals surface area contributed by atoms with E-state index in [1.54, 1.807) is 0 Å². The predicted octanol–water partition coefficient (Wildman–Crippen LogP) is 5.60. The third-order valence-electron chi connectivity index (χ3n) is 4.21. The van der Waals surface area contributed by atoms with Gasteiger partial charge in [0.05, 0.1) is 6.61 Å². The molecule has 1 heterocycles. The lowest BCUT2D eigenvalue weighted by Crippen LogP contribution is -2.22. The molecule has 3 nitrogen and oxygen atoms in total. The van der Waals surface area contributed by atoms with Crippen LogP contribution in [-0.4, -0.2) is 25.3 Å². The van der Waals surface area contributed by atoms with E-state index < -0.39 is 0 Å². The van der Waals surface area contributed by atoms with Crippen LogP contribution in [0.25, 0.3) is 0 Å². The topological polar surface area (TPSA) is 35.5 Å². The molecule has 1 unspecified atom stereocenters. The van der Waals surface area contributed by atoms with Gasteiger partial charge in [0.1, 0.15) is 0 Å². The van der Waals surface area contributed by atoms with Gasteiger partial charge in [0.25, 0.3) is 0 Å². The largest absolute Gasteiger partial charge is 0.353 e. The smallest absolute Gasteiger partial charge is 0.205 e. The second kappa shape index (κ2) is 12.1. The fraction of sp³-hybridized carbons (Fsp3) is 0.696. The van der Waals surface area contributed by atoms with E-state index in [2.05, 4.69) is 37.8 Å². The highest BCUT2D eigenvalue weighted by Gasteiger charge is 2.12. The summed E-state index contributed by atoms with van der Waals surface area (Å²) in [5.74, 6) is 5.79. The van der Waals surface area contributed by atoms with Gasteiger partial charge < -0.3 is 9.47 Å². The lowest BCUT2D eigenvalue weighted by molar-refractivity contribution is -0.155. The summed E-state index contributed by atoms with van der Waals surface area (Å²) in [5, 5.41) is 0. The Morgan fingerprint density at radius 1 is 1.12 bits per heavy atom. The zero-order chi connectivity index (χ0) is 19.4. The normalized spacial score (nSPS) is 19.0. The first-order valence-corrected chi connectivity index (χ1v) is 9.87. The number of Topliss-reactive ketones (excluding diaryl/α,β-unsaturated/α-hetero) is 1. The molecule has 0 aromatic heterocycles. The number of carbonyl (C=O) groups excluding carboxylic acids is 1. The van der Waals surface area contributed by atoms with Crippen LogP contribution < -0.4 is 0 Å². The van der Waals surface area contributed by atoms with Gasteiger partial charge in [-0.2, -0.15) is 0 Å². The van der Waals surface area contributed by atoms with Gasteiger partial charge in [0.2, 0.25) is 5.78 Å². The van der Waals surface area contributed by atoms with E-state index in [9.17, 15) is 4.79 Å². The molecule has 146 valence electrons. The minimum absolute atomic E-state index is 0.0196. The predicted molar refractivity (Wildman–Crippen MR) is 108 cm³/mol. The second-order valence-corrected chi connectivity index (χ2v) is 8.19. The number of carbonyl (C=O) groups is 1. The molecule has 1 atom stereocenters. The van der Waals surface area contributed by atoms with E-state index in [0.29, 0.717) is 13.0 Å². The van der Waals surface area contributed by atoms with E-state index in [0.717, 1.165) is 38.7 Å². The molecule has 3 heteroatoms. The Bertz CT molecular complexity index is 546. The number of ether oxygens (including phenoxy) is 2. The number of hydrogen-bond acceptors (Lipinski definition) is 3. The van der Waals surface area contributed by atoms with Crippen molar-refractivity contribution in [2.45, 2.75) is 85.9 Å². The van der Waals surface area contributed by atoms with E-state index in [-0.39, 0.29) is 17.5 Å². The average Bonchev–Trinajstić information content (AvgIpc) is 2.58. The number of ketones is 1. The van der Waals surface area contributed by atoms with Crippen LogP contribution in [0.1, 0.15) is 79.6 Å². The summed E-state index contributed by atoms with van der Waals surface area (Å²) >= 11 is 0. The molecule has 0 aromatic carbocycles. The number of rotatable bonds is 9. The zero-order valence-corrected chi connectivity index (χ0v) is 17.3. The number of hydrogen-bond donors (Lipinski definition) is 0. The minimum Gasteiger partial charge on any atom is -0.353 e. The van der Waals surface area contributed by atoms with Crippen molar-refractivity contribution in [3.05, 3.63) is 23.3 Å². The van der Waals surface area contributed by atoms with Crippen LogP contribution in [0, 0.1) is 17.3 Å².